The maximum atomic E-state index is 9.87. The third-order valence-corrected chi connectivity index (χ3v) is 2.58. The SMILES string of the molecule is CONCC(O)c1ccc2ccccc2c1. The number of nitrogens with one attached hydrogen (secondary N) is 1. The highest BCUT2D eigenvalue weighted by molar-refractivity contribution is 5.83. The Bertz CT molecular complexity index is 470. The van der Waals surface area contributed by atoms with Crippen molar-refractivity contribution >= 4 is 10.8 Å². The van der Waals surface area contributed by atoms with Gasteiger partial charge in [0.1, 0.15) is 0 Å². The predicted molar refractivity (Wildman–Crippen MR) is 63.9 cm³/mol. The Hall–Kier alpha value is -1.42. The van der Waals surface area contributed by atoms with Crippen LogP contribution >= 0.6 is 0 Å². The van der Waals surface area contributed by atoms with Gasteiger partial charge in [0.15, 0.2) is 0 Å². The predicted octanol–water partition coefficient (Wildman–Crippen LogP) is 2.02. The molecule has 2 aromatic rings. The van der Waals surface area contributed by atoms with E-state index in [2.05, 4.69) is 11.5 Å². The first-order valence-corrected chi connectivity index (χ1v) is 5.24. The molecule has 2 aromatic carbocycles. The largest absolute Gasteiger partial charge is 0.387 e. The average molecular weight is 217 g/mol. The lowest BCUT2D eigenvalue weighted by molar-refractivity contribution is 0.0499. The minimum absolute atomic E-state index is 0.384. The van der Waals surface area contributed by atoms with E-state index in [1.54, 1.807) is 0 Å². The lowest BCUT2D eigenvalue weighted by Crippen LogP contribution is -2.20. The summed E-state index contributed by atoms with van der Waals surface area (Å²) < 4.78 is 0. The maximum absolute atomic E-state index is 9.87. The first-order valence-electron chi connectivity index (χ1n) is 5.24. The summed E-state index contributed by atoms with van der Waals surface area (Å²) in [7, 11) is 1.53. The number of hydrogen-bond acceptors (Lipinski definition) is 3. The van der Waals surface area contributed by atoms with Gasteiger partial charge >= 0.3 is 0 Å². The van der Waals surface area contributed by atoms with Crippen LogP contribution in [-0.2, 0) is 4.84 Å². The smallest absolute Gasteiger partial charge is 0.0937 e. The van der Waals surface area contributed by atoms with E-state index in [1.807, 2.05) is 36.4 Å². The van der Waals surface area contributed by atoms with Crippen molar-refractivity contribution in [2.75, 3.05) is 13.7 Å². The molecule has 0 aliphatic heterocycles. The first kappa shape index (κ1) is 11.1. The van der Waals surface area contributed by atoms with Crippen LogP contribution in [-0.4, -0.2) is 18.8 Å². The summed E-state index contributed by atoms with van der Waals surface area (Å²) in [5.41, 5.74) is 3.54. The maximum Gasteiger partial charge on any atom is 0.0937 e. The Balaban J connectivity index is 2.25. The van der Waals surface area contributed by atoms with Crippen LogP contribution in [0.3, 0.4) is 0 Å². The number of fused-ring (bicyclic) bond motifs is 1. The van der Waals surface area contributed by atoms with Gasteiger partial charge in [0.2, 0.25) is 0 Å². The molecular formula is C13H15NO2. The van der Waals surface area contributed by atoms with Crippen LogP contribution in [0.15, 0.2) is 42.5 Å². The molecule has 16 heavy (non-hydrogen) atoms. The Morgan fingerprint density at radius 3 is 2.69 bits per heavy atom. The van der Waals surface area contributed by atoms with Crippen LogP contribution in [0.4, 0.5) is 0 Å². The van der Waals surface area contributed by atoms with Crippen LogP contribution in [0.2, 0.25) is 0 Å². The molecule has 0 saturated carbocycles. The minimum Gasteiger partial charge on any atom is -0.387 e. The summed E-state index contributed by atoms with van der Waals surface area (Å²) >= 11 is 0. The van der Waals surface area contributed by atoms with Crippen molar-refractivity contribution in [3.05, 3.63) is 48.0 Å². The summed E-state index contributed by atoms with van der Waals surface area (Å²) in [5, 5.41) is 12.2. The molecule has 0 bridgehead atoms. The number of benzene rings is 2. The van der Waals surface area contributed by atoms with Crippen molar-refractivity contribution in [2.45, 2.75) is 6.10 Å². The second-order valence-corrected chi connectivity index (χ2v) is 3.67. The van der Waals surface area contributed by atoms with Gasteiger partial charge in [-0.3, -0.25) is 0 Å². The van der Waals surface area contributed by atoms with Gasteiger partial charge < -0.3 is 9.94 Å². The highest BCUT2D eigenvalue weighted by Gasteiger charge is 2.07. The zero-order chi connectivity index (χ0) is 11.4. The van der Waals surface area contributed by atoms with Gasteiger partial charge in [0, 0.05) is 0 Å². The van der Waals surface area contributed by atoms with Crippen LogP contribution < -0.4 is 5.48 Å². The molecule has 84 valence electrons. The second kappa shape index (κ2) is 5.07. The van der Waals surface area contributed by atoms with E-state index in [4.69, 9.17) is 4.84 Å². The molecule has 1 unspecified atom stereocenters. The molecule has 0 radical (unpaired) electrons. The quantitative estimate of drug-likeness (QED) is 0.770. The fourth-order valence-electron chi connectivity index (χ4n) is 1.70. The lowest BCUT2D eigenvalue weighted by atomic mass is 10.0. The molecule has 0 heterocycles. The molecule has 0 fully saturated rings. The number of hydrogen-bond donors (Lipinski definition) is 2. The van der Waals surface area contributed by atoms with Gasteiger partial charge in [-0.15, -0.1) is 0 Å². The van der Waals surface area contributed by atoms with Gasteiger partial charge in [-0.25, -0.2) is 0 Å². The van der Waals surface area contributed by atoms with Crippen LogP contribution in [0.1, 0.15) is 11.7 Å². The Kier molecular flexibility index (Phi) is 3.51. The normalized spacial score (nSPS) is 12.9. The molecule has 0 aromatic heterocycles. The zero-order valence-electron chi connectivity index (χ0n) is 9.18. The van der Waals surface area contributed by atoms with E-state index in [-0.39, 0.29) is 0 Å². The van der Waals surface area contributed by atoms with Crippen molar-refractivity contribution in [2.24, 2.45) is 0 Å². The van der Waals surface area contributed by atoms with E-state index in [1.165, 1.54) is 12.5 Å². The summed E-state index contributed by atoms with van der Waals surface area (Å²) in [6.07, 6.45) is -0.551. The average Bonchev–Trinajstić information content (AvgIpc) is 2.35. The Morgan fingerprint density at radius 2 is 1.94 bits per heavy atom. The number of hydroxylamine groups is 1. The highest BCUT2D eigenvalue weighted by atomic mass is 16.6. The van der Waals surface area contributed by atoms with Crippen molar-refractivity contribution in [3.8, 4) is 0 Å². The fourth-order valence-corrected chi connectivity index (χ4v) is 1.70. The molecule has 0 saturated heterocycles. The summed E-state index contributed by atoms with van der Waals surface area (Å²) in [6, 6.07) is 14.0. The molecule has 3 heteroatoms. The molecule has 0 amide bonds. The molecule has 0 spiro atoms. The molecular weight excluding hydrogens is 202 g/mol. The number of aliphatic hydroxyl groups excluding tert-OH is 1. The van der Waals surface area contributed by atoms with Gasteiger partial charge in [-0.2, -0.15) is 5.48 Å². The van der Waals surface area contributed by atoms with Gasteiger partial charge in [-0.1, -0.05) is 36.4 Å². The molecule has 0 aliphatic carbocycles. The van der Waals surface area contributed by atoms with E-state index in [0.29, 0.717) is 6.54 Å². The molecule has 3 nitrogen and oxygen atoms in total. The summed E-state index contributed by atoms with van der Waals surface area (Å²) in [5.74, 6) is 0. The highest BCUT2D eigenvalue weighted by Crippen LogP contribution is 2.19. The first-order chi connectivity index (χ1) is 7.81. The Morgan fingerprint density at radius 1 is 1.19 bits per heavy atom. The third kappa shape index (κ3) is 2.39. The van der Waals surface area contributed by atoms with Crippen molar-refractivity contribution in [1.82, 2.24) is 5.48 Å². The fraction of sp³-hybridized carbons (Fsp3) is 0.231. The molecule has 1 atom stereocenters. The standard InChI is InChI=1S/C13H15NO2/c1-16-14-9-13(15)12-7-6-10-4-2-3-5-11(10)8-12/h2-8,13-15H,9H2,1H3. The van der Waals surface area contributed by atoms with Crippen LogP contribution in [0, 0.1) is 0 Å². The monoisotopic (exact) mass is 217 g/mol. The molecule has 2 rings (SSSR count). The topological polar surface area (TPSA) is 41.5 Å². The van der Waals surface area contributed by atoms with Gasteiger partial charge in [-0.05, 0) is 22.4 Å². The minimum atomic E-state index is -0.551. The van der Waals surface area contributed by atoms with Gasteiger partial charge in [0.25, 0.3) is 0 Å². The Labute approximate surface area is 94.6 Å². The van der Waals surface area contributed by atoms with Gasteiger partial charge in [0.05, 0.1) is 19.8 Å². The van der Waals surface area contributed by atoms with Crippen molar-refractivity contribution < 1.29 is 9.94 Å². The van der Waals surface area contributed by atoms with E-state index >= 15 is 0 Å². The van der Waals surface area contributed by atoms with Crippen molar-refractivity contribution in [3.63, 3.8) is 0 Å². The third-order valence-electron chi connectivity index (χ3n) is 2.58. The van der Waals surface area contributed by atoms with E-state index in [0.717, 1.165) is 10.9 Å². The van der Waals surface area contributed by atoms with Crippen LogP contribution in [0.25, 0.3) is 10.8 Å². The van der Waals surface area contributed by atoms with E-state index < -0.39 is 6.10 Å². The lowest BCUT2D eigenvalue weighted by Gasteiger charge is -2.11. The summed E-state index contributed by atoms with van der Waals surface area (Å²) in [4.78, 5) is 4.71. The van der Waals surface area contributed by atoms with E-state index in [9.17, 15) is 5.11 Å². The number of aliphatic hydroxyl groups is 1. The number of rotatable bonds is 4. The second-order valence-electron chi connectivity index (χ2n) is 3.67. The molecule has 0 aliphatic rings. The van der Waals surface area contributed by atoms with Crippen molar-refractivity contribution in [1.29, 1.82) is 0 Å². The zero-order valence-corrected chi connectivity index (χ0v) is 9.18. The molecule has 2 N–H and O–H groups in total. The summed E-state index contributed by atoms with van der Waals surface area (Å²) in [6.45, 7) is 0.384. The van der Waals surface area contributed by atoms with Crippen LogP contribution in [0.5, 0.6) is 0 Å².